The Labute approximate surface area is 175 Å². The Bertz CT molecular complexity index is 1350. The molecule has 4 aromatic rings. The molecule has 30 heavy (non-hydrogen) atoms. The van der Waals surface area contributed by atoms with Gasteiger partial charge in [0, 0.05) is 62.6 Å². The molecule has 1 N–H and O–H groups in total. The van der Waals surface area contributed by atoms with Crippen LogP contribution in [0.4, 0.5) is 14.3 Å². The number of nitrogens with one attached hydrogen (secondary N) is 1. The van der Waals surface area contributed by atoms with Gasteiger partial charge in [-0.2, -0.15) is 0 Å². The zero-order valence-electron chi connectivity index (χ0n) is 16.6. The lowest BCUT2D eigenvalue weighted by Gasteiger charge is -2.35. The number of carbonyl (C=O) groups is 1. The van der Waals surface area contributed by atoms with Crippen molar-refractivity contribution in [1.29, 1.82) is 0 Å². The second-order valence-corrected chi connectivity index (χ2v) is 8.59. The summed E-state index contributed by atoms with van der Waals surface area (Å²) in [6.07, 6.45) is 1.61. The van der Waals surface area contributed by atoms with Gasteiger partial charge in [0.1, 0.15) is 5.82 Å². The molecule has 0 atom stereocenters. The number of fused-ring (bicyclic) bond motifs is 6. The summed E-state index contributed by atoms with van der Waals surface area (Å²) in [6, 6.07) is 6.35. The average Bonchev–Trinajstić information content (AvgIpc) is 3.19. The third-order valence-electron chi connectivity index (χ3n) is 5.53. The third-order valence-corrected chi connectivity index (χ3v) is 6.68. The molecule has 0 aliphatic carbocycles. The van der Waals surface area contributed by atoms with Crippen molar-refractivity contribution in [2.75, 3.05) is 45.2 Å². The molecule has 5 rings (SSSR count). The van der Waals surface area contributed by atoms with E-state index in [1.807, 2.05) is 11.0 Å². The first-order valence-electron chi connectivity index (χ1n) is 9.68. The molecule has 3 heterocycles. The number of amides is 2. The van der Waals surface area contributed by atoms with Crippen LogP contribution in [0, 0.1) is 5.82 Å². The predicted molar refractivity (Wildman–Crippen MR) is 118 cm³/mol. The molecule has 0 spiro atoms. The molecule has 154 valence electrons. The quantitative estimate of drug-likeness (QED) is 0.475. The van der Waals surface area contributed by atoms with Crippen LogP contribution in [0.2, 0.25) is 0 Å². The highest BCUT2D eigenvalue weighted by Crippen LogP contribution is 2.39. The van der Waals surface area contributed by atoms with Crippen LogP contribution in [-0.4, -0.2) is 66.1 Å². The summed E-state index contributed by atoms with van der Waals surface area (Å²) >= 11 is 1.53. The number of carbonyl (C=O) groups excluding carboxylic acids is 1. The lowest BCUT2D eigenvalue weighted by molar-refractivity contribution is 0.168. The van der Waals surface area contributed by atoms with Crippen LogP contribution in [-0.2, 0) is 0 Å². The first-order chi connectivity index (χ1) is 14.4. The van der Waals surface area contributed by atoms with E-state index in [1.165, 1.54) is 23.5 Å². The average molecular weight is 425 g/mol. The minimum atomic E-state index is -0.386. The van der Waals surface area contributed by atoms with E-state index < -0.39 is 0 Å². The molecule has 0 saturated carbocycles. The monoisotopic (exact) mass is 425 g/mol. The summed E-state index contributed by atoms with van der Waals surface area (Å²) in [4.78, 5) is 37.9. The van der Waals surface area contributed by atoms with E-state index in [4.69, 9.17) is 4.98 Å². The summed E-state index contributed by atoms with van der Waals surface area (Å²) < 4.78 is 14.9. The number of urea groups is 1. The van der Waals surface area contributed by atoms with Crippen LogP contribution < -0.4 is 10.5 Å². The van der Waals surface area contributed by atoms with Gasteiger partial charge in [-0.25, -0.2) is 14.2 Å². The molecule has 1 aliphatic heterocycles. The molecule has 0 unspecified atom stereocenters. The number of halogens is 1. The SMILES string of the molecule is CN(C)C(=O)N1CCN(c2nc3c4ccc(F)cc4c4c(=O)[nH]ccc4c3s2)CC1. The molecular weight excluding hydrogens is 405 g/mol. The van der Waals surface area contributed by atoms with Gasteiger partial charge in [-0.05, 0) is 24.3 Å². The van der Waals surface area contributed by atoms with Crippen LogP contribution in [0.1, 0.15) is 0 Å². The maximum Gasteiger partial charge on any atom is 0.319 e. The third kappa shape index (κ3) is 2.88. The normalized spacial score (nSPS) is 14.8. The zero-order valence-corrected chi connectivity index (χ0v) is 17.4. The minimum absolute atomic E-state index is 0.0113. The first kappa shape index (κ1) is 18.8. The molecule has 0 radical (unpaired) electrons. The van der Waals surface area contributed by atoms with Gasteiger partial charge >= 0.3 is 6.03 Å². The van der Waals surface area contributed by atoms with E-state index in [-0.39, 0.29) is 17.4 Å². The number of benzene rings is 2. The number of pyridine rings is 1. The van der Waals surface area contributed by atoms with Gasteiger partial charge in [0.05, 0.1) is 15.6 Å². The number of thiazole rings is 1. The number of rotatable bonds is 1. The van der Waals surface area contributed by atoms with Crippen molar-refractivity contribution in [2.24, 2.45) is 0 Å². The number of hydrogen-bond acceptors (Lipinski definition) is 5. The number of aromatic amines is 1. The van der Waals surface area contributed by atoms with Crippen LogP contribution in [0.25, 0.3) is 31.8 Å². The van der Waals surface area contributed by atoms with E-state index in [0.29, 0.717) is 37.0 Å². The van der Waals surface area contributed by atoms with Gasteiger partial charge in [-0.3, -0.25) is 4.79 Å². The van der Waals surface area contributed by atoms with E-state index in [1.54, 1.807) is 31.3 Å². The Hall–Kier alpha value is -3.20. The minimum Gasteiger partial charge on any atom is -0.345 e. The molecule has 9 heteroatoms. The van der Waals surface area contributed by atoms with Crippen LogP contribution in [0.3, 0.4) is 0 Å². The number of piperazine rings is 1. The van der Waals surface area contributed by atoms with Crippen LogP contribution in [0.15, 0.2) is 35.3 Å². The van der Waals surface area contributed by atoms with Gasteiger partial charge in [0.2, 0.25) is 0 Å². The fourth-order valence-electron chi connectivity index (χ4n) is 4.05. The topological polar surface area (TPSA) is 72.5 Å². The van der Waals surface area contributed by atoms with Gasteiger partial charge in [-0.1, -0.05) is 11.3 Å². The summed E-state index contributed by atoms with van der Waals surface area (Å²) in [7, 11) is 3.51. The molecule has 7 nitrogen and oxygen atoms in total. The molecule has 2 aromatic heterocycles. The Morgan fingerprint density at radius 1 is 1.13 bits per heavy atom. The fourth-order valence-corrected chi connectivity index (χ4v) is 5.21. The Morgan fingerprint density at radius 3 is 2.63 bits per heavy atom. The summed E-state index contributed by atoms with van der Waals surface area (Å²) in [6.45, 7) is 2.62. The van der Waals surface area contributed by atoms with Crippen molar-refractivity contribution in [2.45, 2.75) is 0 Å². The van der Waals surface area contributed by atoms with E-state index in [2.05, 4.69) is 9.88 Å². The Balaban J connectivity index is 1.63. The molecule has 1 fully saturated rings. The van der Waals surface area contributed by atoms with Crippen molar-refractivity contribution < 1.29 is 9.18 Å². The molecule has 1 saturated heterocycles. The highest BCUT2D eigenvalue weighted by atomic mass is 32.1. The Kier molecular flexibility index (Phi) is 4.35. The van der Waals surface area contributed by atoms with E-state index in [0.717, 1.165) is 26.1 Å². The first-order valence-corrected chi connectivity index (χ1v) is 10.5. The van der Waals surface area contributed by atoms with Crippen molar-refractivity contribution >= 4 is 54.3 Å². The number of hydrogen-bond donors (Lipinski definition) is 1. The number of H-pyrrole nitrogens is 1. The standard InChI is InChI=1S/C21H20FN5O2S/c1-25(2)21(29)27-9-7-26(8-10-27)20-24-17-13-4-3-12(22)11-15(13)16-14(18(17)30-20)5-6-23-19(16)28/h3-6,11H,7-10H2,1-2H3,(H,23,28). The number of anilines is 1. The van der Waals surface area contributed by atoms with Gasteiger partial charge in [0.15, 0.2) is 5.13 Å². The Morgan fingerprint density at radius 2 is 1.90 bits per heavy atom. The lowest BCUT2D eigenvalue weighted by Crippen LogP contribution is -2.51. The fraction of sp³-hybridized carbons (Fsp3) is 0.286. The predicted octanol–water partition coefficient (Wildman–Crippen LogP) is 3.23. The molecule has 1 aliphatic rings. The van der Waals surface area contributed by atoms with Crippen molar-refractivity contribution in [1.82, 2.24) is 19.8 Å². The summed E-state index contributed by atoms with van der Waals surface area (Å²) in [5, 5.41) is 3.44. The maximum atomic E-state index is 14.0. The second-order valence-electron chi connectivity index (χ2n) is 7.61. The second kappa shape index (κ2) is 6.94. The lowest BCUT2D eigenvalue weighted by atomic mass is 10.0. The molecule has 0 bridgehead atoms. The molecule has 2 aromatic carbocycles. The number of nitrogens with zero attached hydrogens (tertiary/aromatic N) is 4. The van der Waals surface area contributed by atoms with Gasteiger partial charge < -0.3 is 19.7 Å². The van der Waals surface area contributed by atoms with Crippen molar-refractivity contribution in [3.63, 3.8) is 0 Å². The van der Waals surface area contributed by atoms with E-state index in [9.17, 15) is 14.0 Å². The van der Waals surface area contributed by atoms with Gasteiger partial charge in [0.25, 0.3) is 5.56 Å². The van der Waals surface area contributed by atoms with Crippen molar-refractivity contribution in [3.8, 4) is 0 Å². The maximum absolute atomic E-state index is 14.0. The molecular formula is C21H20FN5O2S. The summed E-state index contributed by atoms with van der Waals surface area (Å²) in [5.41, 5.74) is 0.533. The van der Waals surface area contributed by atoms with Crippen molar-refractivity contribution in [3.05, 3.63) is 46.6 Å². The molecule has 2 amide bonds. The smallest absolute Gasteiger partial charge is 0.319 e. The highest BCUT2D eigenvalue weighted by molar-refractivity contribution is 7.23. The van der Waals surface area contributed by atoms with E-state index >= 15 is 0 Å². The largest absolute Gasteiger partial charge is 0.345 e. The van der Waals surface area contributed by atoms with Crippen LogP contribution >= 0.6 is 11.3 Å². The van der Waals surface area contributed by atoms with Crippen LogP contribution in [0.5, 0.6) is 0 Å². The zero-order chi connectivity index (χ0) is 21.0. The van der Waals surface area contributed by atoms with Gasteiger partial charge in [-0.15, -0.1) is 0 Å². The highest BCUT2D eigenvalue weighted by Gasteiger charge is 2.25. The number of aromatic nitrogens is 2. The summed E-state index contributed by atoms with van der Waals surface area (Å²) in [5.74, 6) is -0.386.